The Labute approximate surface area is 239 Å². The first-order valence-corrected chi connectivity index (χ1v) is 15.1. The SMILES string of the molecule is CC[C@@H](CO)N1C(=O)[C@@H]2[C@@H](C(=O)Nc3ccccc3)[C@@H]3SC2(CC3Br)C1C(=O)Nc1ccc2ccccc2c1. The minimum atomic E-state index is -0.817. The Morgan fingerprint density at radius 2 is 1.72 bits per heavy atom. The van der Waals surface area contributed by atoms with Gasteiger partial charge in [-0.05, 0) is 47.9 Å². The third-order valence-electron chi connectivity index (χ3n) is 8.41. The van der Waals surface area contributed by atoms with Crippen LogP contribution < -0.4 is 10.6 Å². The largest absolute Gasteiger partial charge is 0.394 e. The van der Waals surface area contributed by atoms with Crippen LogP contribution in [-0.2, 0) is 14.4 Å². The van der Waals surface area contributed by atoms with Gasteiger partial charge < -0.3 is 20.6 Å². The summed E-state index contributed by atoms with van der Waals surface area (Å²) in [6.45, 7) is 1.65. The highest BCUT2D eigenvalue weighted by Crippen LogP contribution is 2.68. The molecule has 3 unspecified atom stereocenters. The number of rotatable bonds is 7. The van der Waals surface area contributed by atoms with Gasteiger partial charge in [-0.15, -0.1) is 11.8 Å². The van der Waals surface area contributed by atoms with Gasteiger partial charge in [0, 0.05) is 21.5 Å². The van der Waals surface area contributed by atoms with Crippen molar-refractivity contribution in [3.05, 3.63) is 72.8 Å². The molecule has 0 aromatic heterocycles. The first-order valence-electron chi connectivity index (χ1n) is 13.3. The van der Waals surface area contributed by atoms with Crippen molar-refractivity contribution in [1.82, 2.24) is 4.90 Å². The van der Waals surface area contributed by atoms with E-state index in [4.69, 9.17) is 0 Å². The maximum Gasteiger partial charge on any atom is 0.248 e. The highest BCUT2D eigenvalue weighted by Gasteiger charge is 2.76. The van der Waals surface area contributed by atoms with Gasteiger partial charge in [0.25, 0.3) is 0 Å². The number of aliphatic hydroxyl groups is 1. The van der Waals surface area contributed by atoms with Crippen LogP contribution in [0.3, 0.4) is 0 Å². The van der Waals surface area contributed by atoms with Gasteiger partial charge in [-0.3, -0.25) is 14.4 Å². The molecule has 202 valence electrons. The number of para-hydroxylation sites is 1. The van der Waals surface area contributed by atoms with Gasteiger partial charge in [-0.25, -0.2) is 0 Å². The van der Waals surface area contributed by atoms with Crippen LogP contribution in [0.4, 0.5) is 11.4 Å². The van der Waals surface area contributed by atoms with Crippen LogP contribution in [0.5, 0.6) is 0 Å². The third kappa shape index (κ3) is 4.26. The van der Waals surface area contributed by atoms with E-state index in [9.17, 15) is 19.5 Å². The minimum Gasteiger partial charge on any atom is -0.394 e. The fourth-order valence-electron chi connectivity index (χ4n) is 6.70. The van der Waals surface area contributed by atoms with Crippen LogP contribution in [0.1, 0.15) is 19.8 Å². The quantitative estimate of drug-likeness (QED) is 0.340. The van der Waals surface area contributed by atoms with Gasteiger partial charge in [-0.2, -0.15) is 0 Å². The summed E-state index contributed by atoms with van der Waals surface area (Å²) in [5.41, 5.74) is 1.32. The molecular weight excluding hydrogens is 578 g/mol. The molecule has 3 aliphatic heterocycles. The molecule has 9 heteroatoms. The van der Waals surface area contributed by atoms with Crippen molar-refractivity contribution in [2.24, 2.45) is 11.8 Å². The molecule has 3 amide bonds. The molecule has 3 aromatic rings. The monoisotopic (exact) mass is 607 g/mol. The zero-order valence-electron chi connectivity index (χ0n) is 21.4. The molecule has 2 bridgehead atoms. The first-order chi connectivity index (χ1) is 18.9. The van der Waals surface area contributed by atoms with Crippen molar-refractivity contribution in [3.8, 4) is 0 Å². The summed E-state index contributed by atoms with van der Waals surface area (Å²) in [4.78, 5) is 43.5. The number of likely N-dealkylation sites (tertiary alicyclic amines) is 1. The third-order valence-corrected chi connectivity index (χ3v) is 11.6. The van der Waals surface area contributed by atoms with Crippen LogP contribution >= 0.6 is 27.7 Å². The van der Waals surface area contributed by atoms with Crippen molar-refractivity contribution in [2.75, 3.05) is 17.2 Å². The lowest BCUT2D eigenvalue weighted by molar-refractivity contribution is -0.141. The number of hydrogen-bond donors (Lipinski definition) is 3. The second-order valence-corrected chi connectivity index (χ2v) is 13.3. The number of thioether (sulfide) groups is 1. The van der Waals surface area contributed by atoms with Crippen molar-refractivity contribution < 1.29 is 19.5 Å². The lowest BCUT2D eigenvalue weighted by atomic mass is 9.70. The number of alkyl halides is 1. The Bertz CT molecular complexity index is 1430. The van der Waals surface area contributed by atoms with E-state index < -0.39 is 28.7 Å². The molecule has 3 heterocycles. The van der Waals surface area contributed by atoms with E-state index in [1.54, 1.807) is 16.7 Å². The van der Waals surface area contributed by atoms with Crippen molar-refractivity contribution in [3.63, 3.8) is 0 Å². The number of nitrogens with zero attached hydrogens (tertiary/aromatic N) is 1. The molecule has 0 aliphatic carbocycles. The summed E-state index contributed by atoms with van der Waals surface area (Å²) >= 11 is 5.38. The predicted octanol–water partition coefficient (Wildman–Crippen LogP) is 4.65. The number of amides is 3. The number of carbonyl (C=O) groups is 3. The first kappa shape index (κ1) is 26.3. The van der Waals surface area contributed by atoms with Crippen LogP contribution in [-0.4, -0.2) is 61.2 Å². The fraction of sp³-hybridized carbons (Fsp3) is 0.367. The van der Waals surface area contributed by atoms with Gasteiger partial charge in [0.05, 0.1) is 29.2 Å². The van der Waals surface area contributed by atoms with Crippen molar-refractivity contribution >= 4 is 67.6 Å². The van der Waals surface area contributed by atoms with Crippen LogP contribution in [0.25, 0.3) is 10.8 Å². The second-order valence-electron chi connectivity index (χ2n) is 10.6. The molecule has 7 atom stereocenters. The summed E-state index contributed by atoms with van der Waals surface area (Å²) in [5, 5.41) is 18.2. The highest BCUT2D eigenvalue weighted by atomic mass is 79.9. The molecule has 3 aromatic carbocycles. The fourth-order valence-corrected chi connectivity index (χ4v) is 10.3. The molecule has 3 N–H and O–H groups in total. The maximum absolute atomic E-state index is 14.2. The Morgan fingerprint density at radius 1 is 1.03 bits per heavy atom. The average Bonchev–Trinajstić information content (AvgIpc) is 3.53. The zero-order chi connectivity index (χ0) is 27.3. The molecule has 39 heavy (non-hydrogen) atoms. The normalized spacial score (nSPS) is 29.9. The summed E-state index contributed by atoms with van der Waals surface area (Å²) in [5.74, 6) is -1.98. The molecule has 1 spiro atoms. The highest BCUT2D eigenvalue weighted by molar-refractivity contribution is 9.09. The number of hydrogen-bond acceptors (Lipinski definition) is 5. The lowest BCUT2D eigenvalue weighted by Gasteiger charge is -2.37. The topological polar surface area (TPSA) is 98.7 Å². The van der Waals surface area contributed by atoms with Crippen LogP contribution in [0, 0.1) is 11.8 Å². The van der Waals surface area contributed by atoms with Crippen LogP contribution in [0.2, 0.25) is 0 Å². The average molecular weight is 609 g/mol. The zero-order valence-corrected chi connectivity index (χ0v) is 23.8. The van der Waals surface area contributed by atoms with Gasteiger partial charge in [0.1, 0.15) is 6.04 Å². The molecule has 3 aliphatic rings. The van der Waals surface area contributed by atoms with Gasteiger partial charge >= 0.3 is 0 Å². The van der Waals surface area contributed by atoms with Gasteiger partial charge in [0.2, 0.25) is 17.7 Å². The summed E-state index contributed by atoms with van der Waals surface area (Å²) < 4.78 is -0.780. The number of anilines is 2. The smallest absolute Gasteiger partial charge is 0.248 e. The standard InChI is InChI=1S/C30H30BrN3O4S/c1-2-21(16-35)34-26(28(37)33-20-13-12-17-8-6-7-9-18(17)14-20)30-15-22(31)25(39-30)23(24(30)29(34)38)27(36)32-19-10-4-3-5-11-19/h3-14,21-26,35H,2,15-16H2,1H3,(H,32,36)(H,33,37)/t21-,22?,23+,24-,25+,26?,30?/m0/s1. The van der Waals surface area contributed by atoms with E-state index in [0.29, 0.717) is 24.2 Å². The summed E-state index contributed by atoms with van der Waals surface area (Å²) in [6.07, 6.45) is 1.08. The van der Waals surface area contributed by atoms with Gasteiger partial charge in [-0.1, -0.05) is 71.4 Å². The molecule has 0 radical (unpaired) electrons. The van der Waals surface area contributed by atoms with Gasteiger partial charge in [0.15, 0.2) is 0 Å². The van der Waals surface area contributed by atoms with Crippen LogP contribution in [0.15, 0.2) is 72.8 Å². The maximum atomic E-state index is 14.2. The molecule has 6 rings (SSSR count). The Hall–Kier alpha value is -2.88. The predicted molar refractivity (Wildman–Crippen MR) is 158 cm³/mol. The van der Waals surface area contributed by atoms with Crippen molar-refractivity contribution in [1.29, 1.82) is 0 Å². The lowest BCUT2D eigenvalue weighted by Crippen LogP contribution is -2.55. The van der Waals surface area contributed by atoms with E-state index in [1.165, 1.54) is 0 Å². The molecule has 0 saturated carbocycles. The van der Waals surface area contributed by atoms with Crippen molar-refractivity contribution in [2.45, 2.75) is 46.7 Å². The van der Waals surface area contributed by atoms with E-state index in [0.717, 1.165) is 10.8 Å². The Balaban J connectivity index is 1.37. The second kappa shape index (κ2) is 10.3. The summed E-state index contributed by atoms with van der Waals surface area (Å²) in [7, 11) is 0. The number of carbonyl (C=O) groups excluding carboxylic acids is 3. The summed E-state index contributed by atoms with van der Waals surface area (Å²) in [6, 6.07) is 21.6. The number of fused-ring (bicyclic) bond motifs is 2. The number of benzene rings is 3. The molecule has 3 saturated heterocycles. The number of aliphatic hydroxyl groups excluding tert-OH is 1. The van der Waals surface area contributed by atoms with E-state index in [2.05, 4.69) is 26.6 Å². The number of halogens is 1. The molecule has 3 fully saturated rings. The minimum absolute atomic E-state index is 0.0248. The van der Waals surface area contributed by atoms with E-state index in [1.807, 2.05) is 79.7 Å². The Morgan fingerprint density at radius 3 is 2.44 bits per heavy atom. The Kier molecular flexibility index (Phi) is 6.93. The molecule has 7 nitrogen and oxygen atoms in total. The van der Waals surface area contributed by atoms with E-state index >= 15 is 0 Å². The number of nitrogens with one attached hydrogen (secondary N) is 2. The van der Waals surface area contributed by atoms with E-state index in [-0.39, 0.29) is 34.4 Å². The molecular formula is C30H30BrN3O4S.